The van der Waals surface area contributed by atoms with Crippen molar-refractivity contribution in [1.29, 1.82) is 0 Å². The predicted octanol–water partition coefficient (Wildman–Crippen LogP) is 5.07. The fourth-order valence-corrected chi connectivity index (χ4v) is 2.53. The molecule has 0 bridgehead atoms. The zero-order chi connectivity index (χ0) is 18.2. The van der Waals surface area contributed by atoms with Crippen molar-refractivity contribution >= 4 is 23.2 Å². The van der Waals surface area contributed by atoms with E-state index in [0.717, 1.165) is 36.1 Å². The van der Waals surface area contributed by atoms with Crippen LogP contribution in [0.25, 0.3) is 0 Å². The Bertz CT molecular complexity index is 736. The summed E-state index contributed by atoms with van der Waals surface area (Å²) in [5, 5.41) is 5.80. The largest absolute Gasteiger partial charge is 0.326 e. The second-order valence-electron chi connectivity index (χ2n) is 6.36. The summed E-state index contributed by atoms with van der Waals surface area (Å²) in [6, 6.07) is 12.9. The first-order chi connectivity index (χ1) is 12.0. The van der Waals surface area contributed by atoms with Crippen molar-refractivity contribution in [2.24, 2.45) is 0 Å². The number of anilines is 2. The van der Waals surface area contributed by atoms with E-state index in [9.17, 15) is 9.59 Å². The van der Waals surface area contributed by atoms with Crippen LogP contribution in [-0.2, 0) is 4.79 Å². The van der Waals surface area contributed by atoms with Gasteiger partial charge in [-0.15, -0.1) is 0 Å². The van der Waals surface area contributed by atoms with E-state index in [1.54, 1.807) is 24.3 Å². The molecule has 25 heavy (non-hydrogen) atoms. The van der Waals surface area contributed by atoms with Gasteiger partial charge in [0.05, 0.1) is 0 Å². The number of hydrogen-bond acceptors (Lipinski definition) is 2. The Morgan fingerprint density at radius 2 is 1.64 bits per heavy atom. The maximum absolute atomic E-state index is 12.4. The molecule has 0 heterocycles. The molecule has 2 amide bonds. The molecule has 4 heteroatoms. The summed E-state index contributed by atoms with van der Waals surface area (Å²) < 4.78 is 0. The minimum atomic E-state index is -0.158. The second kappa shape index (κ2) is 9.02. The summed E-state index contributed by atoms with van der Waals surface area (Å²) in [4.78, 5) is 24.2. The van der Waals surface area contributed by atoms with Gasteiger partial charge in [0, 0.05) is 23.4 Å². The minimum absolute atomic E-state index is 0.0148. The molecule has 0 aromatic heterocycles. The number of unbranched alkanes of at least 4 members (excludes halogenated alkanes) is 2. The number of carbonyl (C=O) groups excluding carboxylic acids is 2. The van der Waals surface area contributed by atoms with Crippen LogP contribution in [0.15, 0.2) is 42.5 Å². The summed E-state index contributed by atoms with van der Waals surface area (Å²) in [6.45, 7) is 6.07. The minimum Gasteiger partial charge on any atom is -0.326 e. The standard InChI is InChI=1S/C21H26N2O2/c1-4-5-6-7-20(24)22-18-12-10-17(11-13-18)21(25)23-19-14-15(2)8-9-16(19)3/h8-14H,4-7H2,1-3H3,(H,22,24)(H,23,25). The Balaban J connectivity index is 1.96. The van der Waals surface area contributed by atoms with Gasteiger partial charge in [-0.25, -0.2) is 0 Å². The van der Waals surface area contributed by atoms with E-state index in [2.05, 4.69) is 17.6 Å². The molecule has 0 radical (unpaired) electrons. The molecule has 2 N–H and O–H groups in total. The third kappa shape index (κ3) is 5.75. The van der Waals surface area contributed by atoms with Crippen LogP contribution >= 0.6 is 0 Å². The van der Waals surface area contributed by atoms with Gasteiger partial charge in [-0.3, -0.25) is 9.59 Å². The third-order valence-electron chi connectivity index (χ3n) is 4.08. The number of rotatable bonds is 7. The molecular weight excluding hydrogens is 312 g/mol. The van der Waals surface area contributed by atoms with Crippen molar-refractivity contribution in [2.45, 2.75) is 46.5 Å². The third-order valence-corrected chi connectivity index (χ3v) is 4.08. The van der Waals surface area contributed by atoms with Gasteiger partial charge in [0.15, 0.2) is 0 Å². The highest BCUT2D eigenvalue weighted by atomic mass is 16.2. The van der Waals surface area contributed by atoms with Gasteiger partial charge in [-0.2, -0.15) is 0 Å². The molecule has 2 rings (SSSR count). The van der Waals surface area contributed by atoms with Crippen LogP contribution in [0.5, 0.6) is 0 Å². The van der Waals surface area contributed by atoms with Gasteiger partial charge < -0.3 is 10.6 Å². The molecule has 4 nitrogen and oxygen atoms in total. The van der Waals surface area contributed by atoms with E-state index < -0.39 is 0 Å². The topological polar surface area (TPSA) is 58.2 Å². The molecule has 0 unspecified atom stereocenters. The number of hydrogen-bond donors (Lipinski definition) is 2. The van der Waals surface area contributed by atoms with Crippen molar-refractivity contribution in [3.05, 3.63) is 59.2 Å². The molecule has 2 aromatic carbocycles. The molecule has 0 spiro atoms. The second-order valence-corrected chi connectivity index (χ2v) is 6.36. The summed E-state index contributed by atoms with van der Waals surface area (Å²) in [5.41, 5.74) is 4.21. The van der Waals surface area contributed by atoms with Crippen LogP contribution in [-0.4, -0.2) is 11.8 Å². The van der Waals surface area contributed by atoms with Crippen LogP contribution in [0.4, 0.5) is 11.4 Å². The Hall–Kier alpha value is -2.62. The molecule has 0 aliphatic rings. The average molecular weight is 338 g/mol. The fraction of sp³-hybridized carbons (Fsp3) is 0.333. The molecule has 0 atom stereocenters. The van der Waals surface area contributed by atoms with Crippen LogP contribution in [0, 0.1) is 13.8 Å². The van der Waals surface area contributed by atoms with Gasteiger partial charge >= 0.3 is 0 Å². The predicted molar refractivity (Wildman–Crippen MR) is 103 cm³/mol. The molecule has 0 saturated carbocycles. The lowest BCUT2D eigenvalue weighted by molar-refractivity contribution is -0.116. The van der Waals surface area contributed by atoms with Crippen LogP contribution in [0.3, 0.4) is 0 Å². The number of amides is 2. The summed E-state index contributed by atoms with van der Waals surface area (Å²) in [5.74, 6) is -0.143. The Labute approximate surface area is 149 Å². The number of aryl methyl sites for hydroxylation is 2. The van der Waals surface area contributed by atoms with E-state index in [1.165, 1.54) is 0 Å². The first kappa shape index (κ1) is 18.7. The Kier molecular flexibility index (Phi) is 6.75. The number of benzene rings is 2. The molecule has 0 saturated heterocycles. The van der Waals surface area contributed by atoms with E-state index in [4.69, 9.17) is 0 Å². The zero-order valence-electron chi connectivity index (χ0n) is 15.2. The van der Waals surface area contributed by atoms with Crippen LogP contribution in [0.2, 0.25) is 0 Å². The van der Waals surface area contributed by atoms with Crippen LogP contribution in [0.1, 0.15) is 54.1 Å². The zero-order valence-corrected chi connectivity index (χ0v) is 15.2. The van der Waals surface area contributed by atoms with Crippen molar-refractivity contribution in [2.75, 3.05) is 10.6 Å². The monoisotopic (exact) mass is 338 g/mol. The average Bonchev–Trinajstić information content (AvgIpc) is 2.59. The van der Waals surface area contributed by atoms with Gasteiger partial charge in [-0.1, -0.05) is 31.9 Å². The van der Waals surface area contributed by atoms with Gasteiger partial charge in [0.2, 0.25) is 5.91 Å². The molecule has 0 aliphatic heterocycles. The van der Waals surface area contributed by atoms with Crippen molar-refractivity contribution in [3.63, 3.8) is 0 Å². The van der Waals surface area contributed by atoms with Gasteiger partial charge in [0.1, 0.15) is 0 Å². The number of carbonyl (C=O) groups is 2. The lowest BCUT2D eigenvalue weighted by Crippen LogP contribution is -2.14. The normalized spacial score (nSPS) is 10.4. The van der Waals surface area contributed by atoms with Gasteiger partial charge in [-0.05, 0) is 61.7 Å². The van der Waals surface area contributed by atoms with E-state index >= 15 is 0 Å². The molecule has 2 aromatic rings. The highest BCUT2D eigenvalue weighted by Crippen LogP contribution is 2.18. The van der Waals surface area contributed by atoms with Crippen molar-refractivity contribution in [1.82, 2.24) is 0 Å². The molecular formula is C21H26N2O2. The lowest BCUT2D eigenvalue weighted by Gasteiger charge is -2.10. The van der Waals surface area contributed by atoms with Crippen molar-refractivity contribution in [3.8, 4) is 0 Å². The maximum Gasteiger partial charge on any atom is 0.255 e. The molecule has 0 aliphatic carbocycles. The Morgan fingerprint density at radius 3 is 2.32 bits per heavy atom. The van der Waals surface area contributed by atoms with E-state index in [-0.39, 0.29) is 11.8 Å². The quantitative estimate of drug-likeness (QED) is 0.692. The molecule has 132 valence electrons. The fourth-order valence-electron chi connectivity index (χ4n) is 2.53. The smallest absolute Gasteiger partial charge is 0.255 e. The van der Waals surface area contributed by atoms with Crippen molar-refractivity contribution < 1.29 is 9.59 Å². The SMILES string of the molecule is CCCCCC(=O)Nc1ccc(C(=O)Nc2cc(C)ccc2C)cc1. The van der Waals surface area contributed by atoms with Gasteiger partial charge in [0.25, 0.3) is 5.91 Å². The maximum atomic E-state index is 12.4. The van der Waals surface area contributed by atoms with Crippen LogP contribution < -0.4 is 10.6 Å². The molecule has 0 fully saturated rings. The number of nitrogens with one attached hydrogen (secondary N) is 2. The summed E-state index contributed by atoms with van der Waals surface area (Å²) in [7, 11) is 0. The first-order valence-corrected chi connectivity index (χ1v) is 8.78. The summed E-state index contributed by atoms with van der Waals surface area (Å²) >= 11 is 0. The highest BCUT2D eigenvalue weighted by Gasteiger charge is 2.09. The summed E-state index contributed by atoms with van der Waals surface area (Å²) in [6.07, 6.45) is 3.59. The van der Waals surface area contributed by atoms with E-state index in [0.29, 0.717) is 17.7 Å². The van der Waals surface area contributed by atoms with E-state index in [1.807, 2.05) is 32.0 Å². The highest BCUT2D eigenvalue weighted by molar-refractivity contribution is 6.05. The first-order valence-electron chi connectivity index (χ1n) is 8.78. The lowest BCUT2D eigenvalue weighted by atomic mass is 10.1. The Morgan fingerprint density at radius 1 is 0.920 bits per heavy atom.